The zero-order valence-corrected chi connectivity index (χ0v) is 17.6. The number of carbonyl (C=O) groups excluding carboxylic acids is 3. The molecule has 2 aromatic rings. The minimum absolute atomic E-state index is 0.326. The zero-order chi connectivity index (χ0) is 22.1. The number of hydrogen-bond acceptors (Lipinski definition) is 5. The summed E-state index contributed by atoms with van der Waals surface area (Å²) in [6, 6.07) is 10.5. The van der Waals surface area contributed by atoms with Crippen LogP contribution in [0.4, 0.5) is 11.4 Å². The van der Waals surface area contributed by atoms with Gasteiger partial charge in [-0.25, -0.2) is 0 Å². The van der Waals surface area contributed by atoms with Crippen molar-refractivity contribution in [2.45, 2.75) is 27.7 Å². The van der Waals surface area contributed by atoms with E-state index in [1.54, 1.807) is 18.2 Å². The van der Waals surface area contributed by atoms with Crippen molar-refractivity contribution in [3.8, 4) is 11.5 Å². The predicted molar refractivity (Wildman–Crippen MR) is 115 cm³/mol. The number of rotatable bonds is 8. The summed E-state index contributed by atoms with van der Waals surface area (Å²) in [7, 11) is 0. The molecule has 0 aromatic heterocycles. The highest BCUT2D eigenvalue weighted by Gasteiger charge is 2.17. The quantitative estimate of drug-likeness (QED) is 0.577. The summed E-state index contributed by atoms with van der Waals surface area (Å²) in [4.78, 5) is 36.3. The number of para-hydroxylation sites is 1. The highest BCUT2D eigenvalue weighted by molar-refractivity contribution is 6.40. The first-order chi connectivity index (χ1) is 14.3. The van der Waals surface area contributed by atoms with Crippen molar-refractivity contribution >= 4 is 29.1 Å². The SMILES string of the molecule is CCOc1ccc(NC(=O)C(=O)NCC(=O)Nc2c(C)cccc2C)cc1OCC. The van der Waals surface area contributed by atoms with Crippen LogP contribution < -0.4 is 25.4 Å². The maximum absolute atomic E-state index is 12.1. The molecule has 2 rings (SSSR count). The Morgan fingerprint density at radius 3 is 2.10 bits per heavy atom. The molecule has 0 fully saturated rings. The van der Waals surface area contributed by atoms with Gasteiger partial charge in [-0.05, 0) is 51.0 Å². The largest absolute Gasteiger partial charge is 0.490 e. The van der Waals surface area contributed by atoms with Gasteiger partial charge in [-0.3, -0.25) is 14.4 Å². The normalized spacial score (nSPS) is 10.1. The average Bonchev–Trinajstić information content (AvgIpc) is 2.71. The van der Waals surface area contributed by atoms with Gasteiger partial charge in [0.1, 0.15) is 0 Å². The van der Waals surface area contributed by atoms with Crippen LogP contribution >= 0.6 is 0 Å². The van der Waals surface area contributed by atoms with E-state index < -0.39 is 17.7 Å². The van der Waals surface area contributed by atoms with Crippen LogP contribution in [0.5, 0.6) is 11.5 Å². The zero-order valence-electron chi connectivity index (χ0n) is 17.6. The summed E-state index contributed by atoms with van der Waals surface area (Å²) >= 11 is 0. The van der Waals surface area contributed by atoms with Gasteiger partial charge in [-0.15, -0.1) is 0 Å². The summed E-state index contributed by atoms with van der Waals surface area (Å²) in [6.45, 7) is 8.01. The lowest BCUT2D eigenvalue weighted by molar-refractivity contribution is -0.136. The molecule has 0 saturated carbocycles. The lowest BCUT2D eigenvalue weighted by Crippen LogP contribution is -2.39. The van der Waals surface area contributed by atoms with Crippen LogP contribution in [0.2, 0.25) is 0 Å². The molecule has 3 N–H and O–H groups in total. The van der Waals surface area contributed by atoms with E-state index in [1.165, 1.54) is 0 Å². The number of benzene rings is 2. The molecule has 2 aromatic carbocycles. The van der Waals surface area contributed by atoms with Crippen LogP contribution in [0.1, 0.15) is 25.0 Å². The van der Waals surface area contributed by atoms with Crippen molar-refractivity contribution in [1.29, 1.82) is 0 Å². The highest BCUT2D eigenvalue weighted by atomic mass is 16.5. The lowest BCUT2D eigenvalue weighted by Gasteiger charge is -2.13. The van der Waals surface area contributed by atoms with Crippen LogP contribution in [-0.4, -0.2) is 37.5 Å². The van der Waals surface area contributed by atoms with Gasteiger partial charge in [-0.1, -0.05) is 18.2 Å². The van der Waals surface area contributed by atoms with E-state index >= 15 is 0 Å². The third kappa shape index (κ3) is 6.23. The maximum Gasteiger partial charge on any atom is 0.313 e. The van der Waals surface area contributed by atoms with Crippen molar-refractivity contribution < 1.29 is 23.9 Å². The number of hydrogen-bond donors (Lipinski definition) is 3. The van der Waals surface area contributed by atoms with Gasteiger partial charge in [0.15, 0.2) is 11.5 Å². The summed E-state index contributed by atoms with van der Waals surface area (Å²) in [5.41, 5.74) is 2.89. The van der Waals surface area contributed by atoms with Crippen molar-refractivity contribution in [1.82, 2.24) is 5.32 Å². The second-order valence-electron chi connectivity index (χ2n) is 6.48. The third-order valence-corrected chi connectivity index (χ3v) is 4.16. The smallest absolute Gasteiger partial charge is 0.313 e. The number of carbonyl (C=O) groups is 3. The molecule has 0 bridgehead atoms. The van der Waals surface area contributed by atoms with Gasteiger partial charge in [0.25, 0.3) is 0 Å². The minimum atomic E-state index is -0.918. The van der Waals surface area contributed by atoms with Crippen molar-refractivity contribution in [3.05, 3.63) is 47.5 Å². The third-order valence-electron chi connectivity index (χ3n) is 4.16. The molecule has 0 saturated heterocycles. The van der Waals surface area contributed by atoms with Gasteiger partial charge in [-0.2, -0.15) is 0 Å². The van der Waals surface area contributed by atoms with Gasteiger partial charge in [0.2, 0.25) is 5.91 Å². The Labute approximate surface area is 175 Å². The standard InChI is InChI=1S/C22H27N3O5/c1-5-29-17-11-10-16(12-18(17)30-6-2)24-22(28)21(27)23-13-19(26)25-20-14(3)8-7-9-15(20)4/h7-12H,5-6,13H2,1-4H3,(H,23,27)(H,24,28)(H,25,26). The van der Waals surface area contributed by atoms with Crippen LogP contribution in [0.3, 0.4) is 0 Å². The first kappa shape index (κ1) is 22.7. The first-order valence-corrected chi connectivity index (χ1v) is 9.70. The number of aryl methyl sites for hydroxylation is 2. The molecule has 160 valence electrons. The van der Waals surface area contributed by atoms with E-state index in [2.05, 4.69) is 16.0 Å². The second kappa shape index (κ2) is 10.8. The summed E-state index contributed by atoms with van der Waals surface area (Å²) < 4.78 is 11.0. The van der Waals surface area contributed by atoms with Crippen molar-refractivity contribution in [2.24, 2.45) is 0 Å². The van der Waals surface area contributed by atoms with Gasteiger partial charge >= 0.3 is 11.8 Å². The summed E-state index contributed by atoms with van der Waals surface area (Å²) in [5.74, 6) is -1.22. The molecule has 0 aliphatic heterocycles. The Morgan fingerprint density at radius 1 is 0.833 bits per heavy atom. The summed E-state index contributed by atoms with van der Waals surface area (Å²) in [5, 5.41) is 7.54. The van der Waals surface area contributed by atoms with Crippen LogP contribution in [0.25, 0.3) is 0 Å². The van der Waals surface area contributed by atoms with E-state index in [9.17, 15) is 14.4 Å². The Balaban J connectivity index is 1.92. The van der Waals surface area contributed by atoms with E-state index in [4.69, 9.17) is 9.47 Å². The molecule has 0 aliphatic carbocycles. The topological polar surface area (TPSA) is 106 Å². The molecule has 3 amide bonds. The Bertz CT molecular complexity index is 907. The van der Waals surface area contributed by atoms with Crippen LogP contribution in [-0.2, 0) is 14.4 Å². The summed E-state index contributed by atoms with van der Waals surface area (Å²) in [6.07, 6.45) is 0. The second-order valence-corrected chi connectivity index (χ2v) is 6.48. The van der Waals surface area contributed by atoms with E-state index in [0.717, 1.165) is 11.1 Å². The highest BCUT2D eigenvalue weighted by Crippen LogP contribution is 2.30. The number of amides is 3. The monoisotopic (exact) mass is 413 g/mol. The molecule has 0 radical (unpaired) electrons. The van der Waals surface area contributed by atoms with Crippen LogP contribution in [0, 0.1) is 13.8 Å². The predicted octanol–water partition coefficient (Wildman–Crippen LogP) is 2.79. The minimum Gasteiger partial charge on any atom is -0.490 e. The van der Waals surface area contributed by atoms with Gasteiger partial charge in [0.05, 0.1) is 19.8 Å². The van der Waals surface area contributed by atoms with Crippen molar-refractivity contribution in [2.75, 3.05) is 30.4 Å². The molecular weight excluding hydrogens is 386 g/mol. The van der Waals surface area contributed by atoms with Gasteiger partial charge < -0.3 is 25.4 Å². The van der Waals surface area contributed by atoms with Crippen LogP contribution in [0.15, 0.2) is 36.4 Å². The molecule has 0 atom stereocenters. The lowest BCUT2D eigenvalue weighted by atomic mass is 10.1. The molecule has 8 heteroatoms. The molecule has 0 spiro atoms. The average molecular weight is 413 g/mol. The fourth-order valence-corrected chi connectivity index (χ4v) is 2.75. The maximum atomic E-state index is 12.1. The number of ether oxygens (including phenoxy) is 2. The molecule has 0 aliphatic rings. The fourth-order valence-electron chi connectivity index (χ4n) is 2.75. The molecule has 30 heavy (non-hydrogen) atoms. The number of nitrogens with one attached hydrogen (secondary N) is 3. The fraction of sp³-hybridized carbons (Fsp3) is 0.318. The van der Waals surface area contributed by atoms with Gasteiger partial charge in [0, 0.05) is 17.4 Å². The molecule has 8 nitrogen and oxygen atoms in total. The van der Waals surface area contributed by atoms with E-state index in [-0.39, 0.29) is 6.54 Å². The first-order valence-electron chi connectivity index (χ1n) is 9.70. The van der Waals surface area contributed by atoms with E-state index in [0.29, 0.717) is 36.1 Å². The van der Waals surface area contributed by atoms with Crippen molar-refractivity contribution in [3.63, 3.8) is 0 Å². The Morgan fingerprint density at radius 2 is 1.47 bits per heavy atom. The Hall–Kier alpha value is -3.55. The molecule has 0 heterocycles. The Kier molecular flexibility index (Phi) is 8.22. The molecule has 0 unspecified atom stereocenters. The van der Waals surface area contributed by atoms with E-state index in [1.807, 2.05) is 45.9 Å². The molecular formula is C22H27N3O5. The number of anilines is 2.